The highest BCUT2D eigenvalue weighted by molar-refractivity contribution is 9.10. The molecule has 1 heterocycles. The van der Waals surface area contributed by atoms with Crippen molar-refractivity contribution < 1.29 is 0 Å². The van der Waals surface area contributed by atoms with Crippen molar-refractivity contribution in [3.63, 3.8) is 0 Å². The van der Waals surface area contributed by atoms with Gasteiger partial charge in [0, 0.05) is 17.1 Å². The van der Waals surface area contributed by atoms with E-state index >= 15 is 0 Å². The van der Waals surface area contributed by atoms with E-state index in [4.69, 9.17) is 5.84 Å². The van der Waals surface area contributed by atoms with Crippen LogP contribution in [0.4, 0.5) is 0 Å². The van der Waals surface area contributed by atoms with Crippen molar-refractivity contribution in [3.8, 4) is 11.8 Å². The zero-order valence-corrected chi connectivity index (χ0v) is 10.2. The van der Waals surface area contributed by atoms with Gasteiger partial charge in [-0.05, 0) is 41.4 Å². The van der Waals surface area contributed by atoms with E-state index in [9.17, 15) is 0 Å². The molecule has 0 fully saturated rings. The maximum Gasteiger partial charge on any atom is 0.0728 e. The van der Waals surface area contributed by atoms with Crippen LogP contribution in [0.1, 0.15) is 31.5 Å². The first-order valence-corrected chi connectivity index (χ1v) is 5.55. The van der Waals surface area contributed by atoms with E-state index in [1.54, 1.807) is 6.20 Å². The molecule has 80 valence electrons. The summed E-state index contributed by atoms with van der Waals surface area (Å²) >= 11 is 3.45. The summed E-state index contributed by atoms with van der Waals surface area (Å²) in [4.78, 5) is 4.29. The van der Waals surface area contributed by atoms with Gasteiger partial charge in [-0.2, -0.15) is 0 Å². The van der Waals surface area contributed by atoms with Crippen LogP contribution >= 0.6 is 15.9 Å². The van der Waals surface area contributed by atoms with E-state index < -0.39 is 0 Å². The molecule has 0 aromatic carbocycles. The molecule has 1 aromatic heterocycles. The van der Waals surface area contributed by atoms with Gasteiger partial charge in [0.05, 0.1) is 11.7 Å². The molecule has 1 aromatic rings. The Morgan fingerprint density at radius 1 is 1.67 bits per heavy atom. The molecular weight excluding hydrogens is 254 g/mol. The van der Waals surface area contributed by atoms with Crippen molar-refractivity contribution in [2.45, 2.75) is 25.8 Å². The Morgan fingerprint density at radius 2 is 2.47 bits per heavy atom. The quantitative estimate of drug-likeness (QED) is 0.500. The third kappa shape index (κ3) is 3.63. The van der Waals surface area contributed by atoms with Crippen LogP contribution in [-0.2, 0) is 0 Å². The summed E-state index contributed by atoms with van der Waals surface area (Å²) in [5, 5.41) is 0. The number of nitrogens with zero attached hydrogens (tertiary/aromatic N) is 1. The standard InChI is InChI=1S/C11H14BrN3/c1-2-3-4-7-10(15-13)11-9(12)6-5-8-14-11/h5-6,8,10,15H,4,7,13H2,1H3. The van der Waals surface area contributed by atoms with Crippen LogP contribution in [0.3, 0.4) is 0 Å². The second-order valence-electron chi connectivity index (χ2n) is 3.06. The first kappa shape index (κ1) is 12.2. The predicted octanol–water partition coefficient (Wildman–Crippen LogP) is 2.15. The van der Waals surface area contributed by atoms with Gasteiger partial charge in [0.15, 0.2) is 0 Å². The number of halogens is 1. The summed E-state index contributed by atoms with van der Waals surface area (Å²) in [6.07, 6.45) is 3.43. The molecule has 0 spiro atoms. The molecule has 1 unspecified atom stereocenters. The smallest absolute Gasteiger partial charge is 0.0728 e. The van der Waals surface area contributed by atoms with Crippen LogP contribution in [0.25, 0.3) is 0 Å². The van der Waals surface area contributed by atoms with Crippen molar-refractivity contribution in [2.24, 2.45) is 5.84 Å². The van der Waals surface area contributed by atoms with Crippen molar-refractivity contribution in [2.75, 3.05) is 0 Å². The zero-order chi connectivity index (χ0) is 11.1. The van der Waals surface area contributed by atoms with Crippen molar-refractivity contribution in [1.29, 1.82) is 0 Å². The van der Waals surface area contributed by atoms with Crippen LogP contribution in [0.15, 0.2) is 22.8 Å². The van der Waals surface area contributed by atoms with Crippen LogP contribution in [-0.4, -0.2) is 4.98 Å². The van der Waals surface area contributed by atoms with Gasteiger partial charge in [0.1, 0.15) is 0 Å². The summed E-state index contributed by atoms with van der Waals surface area (Å²) in [5.41, 5.74) is 3.69. The lowest BCUT2D eigenvalue weighted by molar-refractivity contribution is 0.509. The van der Waals surface area contributed by atoms with Gasteiger partial charge in [-0.25, -0.2) is 0 Å². The molecule has 1 atom stereocenters. The third-order valence-electron chi connectivity index (χ3n) is 2.05. The average molecular weight is 268 g/mol. The topological polar surface area (TPSA) is 50.9 Å². The number of hydrazine groups is 1. The first-order valence-electron chi connectivity index (χ1n) is 4.75. The van der Waals surface area contributed by atoms with E-state index in [0.29, 0.717) is 0 Å². The fourth-order valence-corrected chi connectivity index (χ4v) is 1.83. The Bertz CT molecular complexity index is 368. The minimum Gasteiger partial charge on any atom is -0.271 e. The Morgan fingerprint density at radius 3 is 3.07 bits per heavy atom. The van der Waals surface area contributed by atoms with Crippen molar-refractivity contribution in [1.82, 2.24) is 10.4 Å². The predicted molar refractivity (Wildman–Crippen MR) is 64.7 cm³/mol. The van der Waals surface area contributed by atoms with Gasteiger partial charge in [0.25, 0.3) is 0 Å². The molecule has 0 aliphatic rings. The van der Waals surface area contributed by atoms with Crippen LogP contribution in [0.5, 0.6) is 0 Å². The second-order valence-corrected chi connectivity index (χ2v) is 3.91. The Balaban J connectivity index is 2.72. The summed E-state index contributed by atoms with van der Waals surface area (Å²) in [6.45, 7) is 1.83. The minimum absolute atomic E-state index is 0.0430. The molecule has 3 N–H and O–H groups in total. The second kappa shape index (κ2) is 6.57. The molecule has 0 aliphatic carbocycles. The zero-order valence-electron chi connectivity index (χ0n) is 8.63. The summed E-state index contributed by atoms with van der Waals surface area (Å²) < 4.78 is 0.970. The molecule has 0 amide bonds. The molecule has 15 heavy (non-hydrogen) atoms. The van der Waals surface area contributed by atoms with Crippen molar-refractivity contribution in [3.05, 3.63) is 28.5 Å². The highest BCUT2D eigenvalue weighted by Crippen LogP contribution is 2.23. The van der Waals surface area contributed by atoms with Gasteiger partial charge in [-0.3, -0.25) is 16.3 Å². The number of rotatable bonds is 4. The fourth-order valence-electron chi connectivity index (χ4n) is 1.29. The van der Waals surface area contributed by atoms with E-state index in [0.717, 1.165) is 23.0 Å². The Hall–Kier alpha value is -0.890. The molecule has 0 saturated carbocycles. The van der Waals surface area contributed by atoms with Crippen LogP contribution < -0.4 is 11.3 Å². The number of nitrogens with two attached hydrogens (primary N) is 1. The van der Waals surface area contributed by atoms with E-state index in [-0.39, 0.29) is 6.04 Å². The average Bonchev–Trinajstić information content (AvgIpc) is 2.26. The van der Waals surface area contributed by atoms with E-state index in [1.165, 1.54) is 0 Å². The van der Waals surface area contributed by atoms with E-state index in [1.807, 2.05) is 19.1 Å². The van der Waals surface area contributed by atoms with Gasteiger partial charge >= 0.3 is 0 Å². The number of aromatic nitrogens is 1. The largest absolute Gasteiger partial charge is 0.271 e. The lowest BCUT2D eigenvalue weighted by Gasteiger charge is -2.14. The Kier molecular flexibility index (Phi) is 5.33. The lowest BCUT2D eigenvalue weighted by atomic mass is 10.1. The number of hydrogen-bond acceptors (Lipinski definition) is 3. The SMILES string of the molecule is CC#CCCC(NN)c1ncccc1Br. The molecular formula is C11H14BrN3. The molecule has 0 bridgehead atoms. The maximum absolute atomic E-state index is 5.50. The molecule has 4 heteroatoms. The lowest BCUT2D eigenvalue weighted by Crippen LogP contribution is -2.28. The molecule has 1 rings (SSSR count). The number of pyridine rings is 1. The maximum atomic E-state index is 5.50. The third-order valence-corrected chi connectivity index (χ3v) is 2.72. The normalized spacial score (nSPS) is 11.7. The van der Waals surface area contributed by atoms with Gasteiger partial charge in [-0.1, -0.05) is 0 Å². The molecule has 0 saturated heterocycles. The van der Waals surface area contributed by atoms with Crippen molar-refractivity contribution >= 4 is 15.9 Å². The highest BCUT2D eigenvalue weighted by Gasteiger charge is 2.12. The highest BCUT2D eigenvalue weighted by atomic mass is 79.9. The van der Waals surface area contributed by atoms with Gasteiger partial charge in [0.2, 0.25) is 0 Å². The Labute approximate surface area is 98.6 Å². The minimum atomic E-state index is 0.0430. The summed E-state index contributed by atoms with van der Waals surface area (Å²) in [7, 11) is 0. The molecule has 0 radical (unpaired) electrons. The fraction of sp³-hybridized carbons (Fsp3) is 0.364. The number of nitrogens with one attached hydrogen (secondary N) is 1. The first-order chi connectivity index (χ1) is 7.29. The van der Waals surface area contributed by atoms with Gasteiger partial charge < -0.3 is 0 Å². The number of hydrogen-bond donors (Lipinski definition) is 2. The summed E-state index contributed by atoms with van der Waals surface area (Å²) in [6, 6.07) is 3.88. The van der Waals surface area contributed by atoms with Crippen LogP contribution in [0, 0.1) is 11.8 Å². The monoisotopic (exact) mass is 267 g/mol. The van der Waals surface area contributed by atoms with Crippen LogP contribution in [0.2, 0.25) is 0 Å². The van der Waals surface area contributed by atoms with E-state index in [2.05, 4.69) is 38.2 Å². The molecule has 0 aliphatic heterocycles. The molecule has 3 nitrogen and oxygen atoms in total. The van der Waals surface area contributed by atoms with Gasteiger partial charge in [-0.15, -0.1) is 11.8 Å². The summed E-state index contributed by atoms with van der Waals surface area (Å²) in [5.74, 6) is 11.4.